The summed E-state index contributed by atoms with van der Waals surface area (Å²) in [5.41, 5.74) is 1.43. The first kappa shape index (κ1) is 17.1. The minimum absolute atomic E-state index is 0.112. The third-order valence-electron chi connectivity index (χ3n) is 4.54. The Balaban J connectivity index is 1.88. The maximum absolute atomic E-state index is 13.0. The number of aromatic amines is 1. The van der Waals surface area contributed by atoms with E-state index in [1.807, 2.05) is 18.7 Å². The average Bonchev–Trinajstić information content (AvgIpc) is 3.11. The summed E-state index contributed by atoms with van der Waals surface area (Å²) in [5, 5.41) is 16.3. The summed E-state index contributed by atoms with van der Waals surface area (Å²) in [7, 11) is 0. The van der Waals surface area contributed by atoms with Gasteiger partial charge in [-0.25, -0.2) is 9.97 Å². The molecule has 0 radical (unpaired) electrons. The number of aromatic nitrogens is 4. The van der Waals surface area contributed by atoms with Gasteiger partial charge in [-0.2, -0.15) is 10.4 Å². The summed E-state index contributed by atoms with van der Waals surface area (Å²) in [6.07, 6.45) is 2.86. The van der Waals surface area contributed by atoms with Crippen LogP contribution >= 0.6 is 0 Å². The van der Waals surface area contributed by atoms with Crippen LogP contribution in [0.2, 0.25) is 0 Å². The summed E-state index contributed by atoms with van der Waals surface area (Å²) < 4.78 is 0. The van der Waals surface area contributed by atoms with E-state index in [-0.39, 0.29) is 17.9 Å². The summed E-state index contributed by atoms with van der Waals surface area (Å²) in [6, 6.07) is 5.24. The maximum atomic E-state index is 13.0. The minimum Gasteiger partial charge on any atom is -0.327 e. The van der Waals surface area contributed by atoms with E-state index in [0.717, 1.165) is 30.9 Å². The maximum Gasteiger partial charge on any atom is 0.273 e. The van der Waals surface area contributed by atoms with Gasteiger partial charge in [0, 0.05) is 12.5 Å². The highest BCUT2D eigenvalue weighted by atomic mass is 16.2. The number of likely N-dealkylation sites (tertiary alicyclic amines) is 1. The normalized spacial score (nSPS) is 17.6. The summed E-state index contributed by atoms with van der Waals surface area (Å²) in [4.78, 5) is 23.7. The molecule has 1 fully saturated rings. The average molecular weight is 338 g/mol. The van der Waals surface area contributed by atoms with Crippen LogP contribution in [0.1, 0.15) is 78.5 Å². The number of piperidine rings is 1. The number of pyridine rings is 1. The van der Waals surface area contributed by atoms with Gasteiger partial charge < -0.3 is 4.90 Å². The molecule has 7 nitrogen and oxygen atoms in total. The smallest absolute Gasteiger partial charge is 0.273 e. The van der Waals surface area contributed by atoms with E-state index in [1.165, 1.54) is 0 Å². The molecular formula is C18H22N6O. The molecule has 0 aromatic carbocycles. The molecule has 2 aromatic heterocycles. The molecule has 1 amide bonds. The van der Waals surface area contributed by atoms with Crippen LogP contribution < -0.4 is 0 Å². The predicted octanol–water partition coefficient (Wildman–Crippen LogP) is 2.87. The van der Waals surface area contributed by atoms with Crippen molar-refractivity contribution in [2.75, 3.05) is 6.54 Å². The standard InChI is InChI=1S/C18H22N6O/c1-11(2)16-21-17(23-22-16)15-6-4-5-9-24(15)18(25)14-8-7-13(10-19)12(3)20-14/h7-8,11,15H,4-6,9H2,1-3H3,(H,21,22,23)/t15-/m1/s1. The number of rotatable bonds is 3. The molecule has 2 aromatic rings. The molecule has 7 heteroatoms. The van der Waals surface area contributed by atoms with E-state index in [1.54, 1.807) is 19.1 Å². The van der Waals surface area contributed by atoms with Crippen LogP contribution in [0.25, 0.3) is 0 Å². The van der Waals surface area contributed by atoms with Gasteiger partial charge in [0.2, 0.25) is 0 Å². The van der Waals surface area contributed by atoms with Crippen molar-refractivity contribution in [2.24, 2.45) is 0 Å². The van der Waals surface area contributed by atoms with Crippen molar-refractivity contribution < 1.29 is 4.79 Å². The van der Waals surface area contributed by atoms with Crippen molar-refractivity contribution in [1.82, 2.24) is 25.1 Å². The Kier molecular flexibility index (Phi) is 4.79. The summed E-state index contributed by atoms with van der Waals surface area (Å²) >= 11 is 0. The molecule has 1 saturated heterocycles. The zero-order valence-electron chi connectivity index (χ0n) is 14.8. The van der Waals surface area contributed by atoms with E-state index in [4.69, 9.17) is 5.26 Å². The van der Waals surface area contributed by atoms with Crippen molar-refractivity contribution >= 4 is 5.91 Å². The van der Waals surface area contributed by atoms with Crippen LogP contribution in [-0.4, -0.2) is 37.5 Å². The molecule has 130 valence electrons. The van der Waals surface area contributed by atoms with Gasteiger partial charge in [0.05, 0.1) is 17.3 Å². The van der Waals surface area contributed by atoms with Gasteiger partial charge in [-0.3, -0.25) is 9.89 Å². The zero-order valence-corrected chi connectivity index (χ0v) is 14.8. The number of H-pyrrole nitrogens is 1. The first-order valence-electron chi connectivity index (χ1n) is 8.62. The Morgan fingerprint density at radius 1 is 1.36 bits per heavy atom. The highest BCUT2D eigenvalue weighted by Gasteiger charge is 2.32. The minimum atomic E-state index is -0.125. The molecule has 1 aliphatic rings. The molecule has 1 aliphatic heterocycles. The Morgan fingerprint density at radius 3 is 2.80 bits per heavy atom. The van der Waals surface area contributed by atoms with Gasteiger partial charge in [0.25, 0.3) is 5.91 Å². The van der Waals surface area contributed by atoms with Crippen molar-refractivity contribution in [3.8, 4) is 6.07 Å². The quantitative estimate of drug-likeness (QED) is 0.928. The fourth-order valence-electron chi connectivity index (χ4n) is 3.10. The van der Waals surface area contributed by atoms with Crippen LogP contribution in [0, 0.1) is 18.3 Å². The van der Waals surface area contributed by atoms with Gasteiger partial charge in [0.1, 0.15) is 17.6 Å². The molecule has 0 bridgehead atoms. The van der Waals surface area contributed by atoms with Crippen LogP contribution in [0.3, 0.4) is 0 Å². The van der Waals surface area contributed by atoms with Gasteiger partial charge in [-0.05, 0) is 38.3 Å². The monoisotopic (exact) mass is 338 g/mol. The lowest BCUT2D eigenvalue weighted by molar-refractivity contribution is 0.0594. The fraction of sp³-hybridized carbons (Fsp3) is 0.500. The number of nitrogens with zero attached hydrogens (tertiary/aromatic N) is 5. The van der Waals surface area contributed by atoms with Crippen LogP contribution in [0.5, 0.6) is 0 Å². The predicted molar refractivity (Wildman–Crippen MR) is 91.8 cm³/mol. The highest BCUT2D eigenvalue weighted by molar-refractivity contribution is 5.92. The SMILES string of the molecule is Cc1nc(C(=O)N2CCCC[C@@H]2c2nc(C(C)C)n[nH]2)ccc1C#N. The molecular weight excluding hydrogens is 316 g/mol. The third-order valence-corrected chi connectivity index (χ3v) is 4.54. The Bertz CT molecular complexity index is 819. The topological polar surface area (TPSA) is 98.6 Å². The second-order valence-electron chi connectivity index (χ2n) is 6.68. The molecule has 1 atom stereocenters. The van der Waals surface area contributed by atoms with Crippen LogP contribution in [0.15, 0.2) is 12.1 Å². The van der Waals surface area contributed by atoms with E-state index in [2.05, 4.69) is 26.2 Å². The molecule has 0 saturated carbocycles. The largest absolute Gasteiger partial charge is 0.327 e. The number of nitrogens with one attached hydrogen (secondary N) is 1. The second kappa shape index (κ2) is 7.01. The first-order valence-corrected chi connectivity index (χ1v) is 8.62. The van der Waals surface area contributed by atoms with E-state index in [9.17, 15) is 4.79 Å². The van der Waals surface area contributed by atoms with Gasteiger partial charge in [-0.1, -0.05) is 13.8 Å². The number of nitriles is 1. The number of carbonyl (C=O) groups is 1. The number of hydrogen-bond acceptors (Lipinski definition) is 5. The van der Waals surface area contributed by atoms with Gasteiger partial charge in [0.15, 0.2) is 5.82 Å². The number of amides is 1. The van der Waals surface area contributed by atoms with Crippen LogP contribution in [0.4, 0.5) is 0 Å². The van der Waals surface area contributed by atoms with Gasteiger partial charge >= 0.3 is 0 Å². The Morgan fingerprint density at radius 2 is 2.16 bits per heavy atom. The zero-order chi connectivity index (χ0) is 18.0. The van der Waals surface area contributed by atoms with Crippen molar-refractivity contribution in [2.45, 2.75) is 52.0 Å². The number of hydrogen-bond donors (Lipinski definition) is 1. The van der Waals surface area contributed by atoms with E-state index < -0.39 is 0 Å². The Labute approximate surface area is 147 Å². The van der Waals surface area contributed by atoms with E-state index >= 15 is 0 Å². The Hall–Kier alpha value is -2.75. The third kappa shape index (κ3) is 3.38. The number of carbonyl (C=O) groups excluding carboxylic acids is 1. The van der Waals surface area contributed by atoms with Gasteiger partial charge in [-0.15, -0.1) is 0 Å². The lowest BCUT2D eigenvalue weighted by atomic mass is 10.0. The number of aryl methyl sites for hydroxylation is 1. The molecule has 0 spiro atoms. The van der Waals surface area contributed by atoms with Crippen LogP contribution in [-0.2, 0) is 0 Å². The molecule has 25 heavy (non-hydrogen) atoms. The van der Waals surface area contributed by atoms with Crippen molar-refractivity contribution in [3.63, 3.8) is 0 Å². The second-order valence-corrected chi connectivity index (χ2v) is 6.68. The highest BCUT2D eigenvalue weighted by Crippen LogP contribution is 2.30. The molecule has 3 rings (SSSR count). The fourth-order valence-corrected chi connectivity index (χ4v) is 3.10. The molecule has 0 unspecified atom stereocenters. The first-order chi connectivity index (χ1) is 12.0. The van der Waals surface area contributed by atoms with E-state index in [0.29, 0.717) is 23.5 Å². The van der Waals surface area contributed by atoms with Crippen molar-refractivity contribution in [3.05, 3.63) is 40.7 Å². The lowest BCUT2D eigenvalue weighted by Crippen LogP contribution is -2.39. The molecule has 3 heterocycles. The lowest BCUT2D eigenvalue weighted by Gasteiger charge is -2.34. The van der Waals surface area contributed by atoms with Crippen molar-refractivity contribution in [1.29, 1.82) is 5.26 Å². The molecule has 1 N–H and O–H groups in total. The molecule has 0 aliphatic carbocycles. The summed E-state index contributed by atoms with van der Waals surface area (Å²) in [6.45, 7) is 6.50. The summed E-state index contributed by atoms with van der Waals surface area (Å²) in [5.74, 6) is 1.61.